The lowest BCUT2D eigenvalue weighted by Crippen LogP contribution is -2.10. The van der Waals surface area contributed by atoms with Crippen molar-refractivity contribution < 1.29 is 4.42 Å². The first-order valence-corrected chi connectivity index (χ1v) is 20.9. The second kappa shape index (κ2) is 13.6. The van der Waals surface area contributed by atoms with Crippen LogP contribution in [0.5, 0.6) is 0 Å². The van der Waals surface area contributed by atoms with Gasteiger partial charge in [0.15, 0.2) is 0 Å². The van der Waals surface area contributed by atoms with Crippen molar-refractivity contribution in [1.29, 1.82) is 0 Å². The molecule has 276 valence electrons. The minimum absolute atomic E-state index is 0.891. The number of benzene rings is 10. The Morgan fingerprint density at radius 2 is 0.847 bits per heavy atom. The van der Waals surface area contributed by atoms with Crippen molar-refractivity contribution in [1.82, 2.24) is 0 Å². The summed E-state index contributed by atoms with van der Waals surface area (Å²) in [4.78, 5) is 2.40. The first-order valence-electron chi connectivity index (χ1n) is 20.1. The smallest absolute Gasteiger partial charge is 0.143 e. The van der Waals surface area contributed by atoms with Crippen molar-refractivity contribution in [2.75, 3.05) is 4.90 Å². The molecule has 2 heterocycles. The maximum atomic E-state index is 7.07. The third-order valence-electron chi connectivity index (χ3n) is 11.8. The summed E-state index contributed by atoms with van der Waals surface area (Å²) in [7, 11) is 0. The lowest BCUT2D eigenvalue weighted by molar-refractivity contribution is 0.674. The normalized spacial score (nSPS) is 11.7. The summed E-state index contributed by atoms with van der Waals surface area (Å²) >= 11 is 1.87. The molecular weight excluding hydrogens is 735 g/mol. The Morgan fingerprint density at radius 1 is 0.322 bits per heavy atom. The first kappa shape index (κ1) is 33.7. The summed E-state index contributed by atoms with van der Waals surface area (Å²) in [5.74, 6) is 0. The maximum Gasteiger partial charge on any atom is 0.143 e. The number of furan rings is 1. The molecule has 2 nitrogen and oxygen atoms in total. The van der Waals surface area contributed by atoms with Crippen LogP contribution in [-0.2, 0) is 0 Å². The van der Waals surface area contributed by atoms with Crippen LogP contribution in [0, 0.1) is 0 Å². The molecule has 0 saturated carbocycles. The van der Waals surface area contributed by atoms with Gasteiger partial charge in [0.25, 0.3) is 0 Å². The van der Waals surface area contributed by atoms with Crippen LogP contribution in [0.4, 0.5) is 17.1 Å². The van der Waals surface area contributed by atoms with Gasteiger partial charge in [-0.3, -0.25) is 0 Å². The fourth-order valence-electron chi connectivity index (χ4n) is 9.10. The van der Waals surface area contributed by atoms with E-state index in [1.54, 1.807) is 0 Å². The summed E-state index contributed by atoms with van der Waals surface area (Å²) in [5, 5.41) is 9.59. The fourth-order valence-corrected chi connectivity index (χ4v) is 10.3. The number of anilines is 3. The summed E-state index contributed by atoms with van der Waals surface area (Å²) < 4.78 is 9.71. The van der Waals surface area contributed by atoms with Crippen LogP contribution in [0.2, 0.25) is 0 Å². The summed E-state index contributed by atoms with van der Waals surface area (Å²) in [6, 6.07) is 76.8. The van der Waals surface area contributed by atoms with E-state index in [9.17, 15) is 0 Å². The van der Waals surface area contributed by atoms with Gasteiger partial charge in [0.1, 0.15) is 11.2 Å². The van der Waals surface area contributed by atoms with Crippen molar-refractivity contribution >= 4 is 92.1 Å². The zero-order chi connectivity index (χ0) is 38.9. The summed E-state index contributed by atoms with van der Waals surface area (Å²) in [6.45, 7) is 0. The largest absolute Gasteiger partial charge is 0.455 e. The van der Waals surface area contributed by atoms with E-state index in [4.69, 9.17) is 4.42 Å². The highest BCUT2D eigenvalue weighted by molar-refractivity contribution is 7.26. The number of hydrogen-bond donors (Lipinski definition) is 0. The highest BCUT2D eigenvalue weighted by Gasteiger charge is 2.23. The average molecular weight is 770 g/mol. The highest BCUT2D eigenvalue weighted by atomic mass is 32.1. The van der Waals surface area contributed by atoms with E-state index in [1.165, 1.54) is 58.6 Å². The molecule has 0 radical (unpaired) electrons. The molecule has 12 aromatic rings. The molecule has 3 heteroatoms. The molecule has 0 bridgehead atoms. The summed E-state index contributed by atoms with van der Waals surface area (Å²) in [6.07, 6.45) is 0. The van der Waals surface area contributed by atoms with Crippen LogP contribution in [-0.4, -0.2) is 0 Å². The molecule has 0 aliphatic carbocycles. The predicted molar refractivity (Wildman–Crippen MR) is 253 cm³/mol. The van der Waals surface area contributed by atoms with E-state index < -0.39 is 0 Å². The maximum absolute atomic E-state index is 7.07. The zero-order valence-corrected chi connectivity index (χ0v) is 32.8. The fraction of sp³-hybridized carbons (Fsp3) is 0. The Balaban J connectivity index is 1.10. The van der Waals surface area contributed by atoms with E-state index in [0.29, 0.717) is 0 Å². The van der Waals surface area contributed by atoms with Gasteiger partial charge in [0.2, 0.25) is 0 Å². The minimum Gasteiger partial charge on any atom is -0.455 e. The van der Waals surface area contributed by atoms with Crippen molar-refractivity contribution in [3.63, 3.8) is 0 Å². The van der Waals surface area contributed by atoms with Gasteiger partial charge in [-0.2, -0.15) is 0 Å². The molecule has 0 unspecified atom stereocenters. The number of thiophene rings is 1. The third kappa shape index (κ3) is 5.47. The van der Waals surface area contributed by atoms with E-state index in [-0.39, 0.29) is 0 Å². The van der Waals surface area contributed by atoms with E-state index in [0.717, 1.165) is 55.5 Å². The molecule has 0 atom stereocenters. The quantitative estimate of drug-likeness (QED) is 0.157. The van der Waals surface area contributed by atoms with Gasteiger partial charge in [-0.15, -0.1) is 11.3 Å². The molecule has 12 rings (SSSR count). The standard InChI is InChI=1S/C56H35NOS/c1-3-14-36(15-4-1)37-26-30-40(31-27-37)57(41-32-28-39(29-33-41)43-23-13-24-49-46-20-11-12-25-52(46)59-56(43)49)42-34-50(38-16-5-2-6-17-38)54-51(35-42)53-47-21-9-7-18-44(47)45-19-8-10-22-48(45)55(53)58-54/h1-35H. The minimum atomic E-state index is 0.891. The topological polar surface area (TPSA) is 16.4 Å². The van der Waals surface area contributed by atoms with Crippen LogP contribution < -0.4 is 4.90 Å². The first-order chi connectivity index (χ1) is 29.3. The van der Waals surface area contributed by atoms with Crippen LogP contribution >= 0.6 is 11.3 Å². The van der Waals surface area contributed by atoms with Gasteiger partial charge in [-0.25, -0.2) is 0 Å². The average Bonchev–Trinajstić information content (AvgIpc) is 3.90. The number of nitrogens with zero attached hydrogens (tertiary/aromatic N) is 1. The predicted octanol–water partition coefficient (Wildman–Crippen LogP) is 16.7. The van der Waals surface area contributed by atoms with Crippen LogP contribution in [0.25, 0.3) is 97.0 Å². The lowest BCUT2D eigenvalue weighted by Gasteiger charge is -2.27. The van der Waals surface area contributed by atoms with Crippen molar-refractivity contribution in [2.45, 2.75) is 0 Å². The Labute approximate surface area is 345 Å². The van der Waals surface area contributed by atoms with E-state index >= 15 is 0 Å². The molecular formula is C56H35NOS. The molecule has 0 amide bonds. The molecule has 0 N–H and O–H groups in total. The Morgan fingerprint density at radius 3 is 1.56 bits per heavy atom. The zero-order valence-electron chi connectivity index (χ0n) is 32.0. The van der Waals surface area contributed by atoms with Crippen LogP contribution in [0.1, 0.15) is 0 Å². The van der Waals surface area contributed by atoms with Crippen molar-refractivity contribution in [2.24, 2.45) is 0 Å². The van der Waals surface area contributed by atoms with Gasteiger partial charge in [-0.05, 0) is 86.4 Å². The monoisotopic (exact) mass is 769 g/mol. The van der Waals surface area contributed by atoms with Gasteiger partial charge in [0.05, 0.1) is 0 Å². The molecule has 0 spiro atoms. The van der Waals surface area contributed by atoms with Crippen LogP contribution in [0.15, 0.2) is 217 Å². The molecule has 0 fully saturated rings. The van der Waals surface area contributed by atoms with Gasteiger partial charge in [0, 0.05) is 59.0 Å². The van der Waals surface area contributed by atoms with Gasteiger partial charge >= 0.3 is 0 Å². The SMILES string of the molecule is c1ccc(-c2ccc(N(c3ccc(-c4cccc5c4sc4ccccc45)cc3)c3cc(-c4ccccc4)c4oc5c6ccccc6c6ccccc6c5c4c3)cc2)cc1. The number of fused-ring (bicyclic) bond motifs is 11. The van der Waals surface area contributed by atoms with Crippen molar-refractivity contribution in [3.8, 4) is 33.4 Å². The molecule has 10 aromatic carbocycles. The summed E-state index contributed by atoms with van der Waals surface area (Å²) in [5.41, 5.74) is 12.0. The van der Waals surface area contributed by atoms with Gasteiger partial charge in [-0.1, -0.05) is 170 Å². The van der Waals surface area contributed by atoms with Crippen molar-refractivity contribution in [3.05, 3.63) is 212 Å². The number of rotatable bonds is 6. The number of hydrogen-bond acceptors (Lipinski definition) is 3. The van der Waals surface area contributed by atoms with E-state index in [1.807, 2.05) is 11.3 Å². The van der Waals surface area contributed by atoms with Crippen LogP contribution in [0.3, 0.4) is 0 Å². The highest BCUT2D eigenvalue weighted by Crippen LogP contribution is 2.48. The third-order valence-corrected chi connectivity index (χ3v) is 13.1. The van der Waals surface area contributed by atoms with E-state index in [2.05, 4.69) is 217 Å². The molecule has 0 aliphatic heterocycles. The lowest BCUT2D eigenvalue weighted by atomic mass is 9.95. The Bertz CT molecular complexity index is 3530. The molecule has 59 heavy (non-hydrogen) atoms. The Hall–Kier alpha value is -7.46. The molecule has 2 aromatic heterocycles. The second-order valence-corrected chi connectivity index (χ2v) is 16.3. The van der Waals surface area contributed by atoms with Gasteiger partial charge < -0.3 is 9.32 Å². The Kier molecular flexibility index (Phi) is 7.75. The molecule has 0 saturated heterocycles. The second-order valence-electron chi connectivity index (χ2n) is 15.2. The molecule has 0 aliphatic rings.